The fourth-order valence-corrected chi connectivity index (χ4v) is 2.86. The highest BCUT2D eigenvalue weighted by atomic mass is 35.5. The maximum atomic E-state index is 13.8. The summed E-state index contributed by atoms with van der Waals surface area (Å²) in [5.74, 6) is -0.362. The summed E-state index contributed by atoms with van der Waals surface area (Å²) in [7, 11) is 0. The predicted molar refractivity (Wildman–Crippen MR) is 95.0 cm³/mol. The Kier molecular flexibility index (Phi) is 5.30. The van der Waals surface area contributed by atoms with Gasteiger partial charge in [-0.1, -0.05) is 23.4 Å². The van der Waals surface area contributed by atoms with Gasteiger partial charge in [-0.15, -0.1) is 5.10 Å². The summed E-state index contributed by atoms with van der Waals surface area (Å²) in [5, 5.41) is 9.60. The number of hydrogen-bond acceptors (Lipinski definition) is 5. The van der Waals surface area contributed by atoms with Crippen molar-refractivity contribution in [2.45, 2.75) is 17.3 Å². The van der Waals surface area contributed by atoms with Gasteiger partial charge in [0, 0.05) is 23.0 Å². The molecule has 0 saturated carbocycles. The van der Waals surface area contributed by atoms with Crippen molar-refractivity contribution >= 4 is 35.0 Å². The van der Waals surface area contributed by atoms with Crippen LogP contribution in [0.15, 0.2) is 47.9 Å². The van der Waals surface area contributed by atoms with Crippen molar-refractivity contribution in [2.24, 2.45) is 0 Å². The van der Waals surface area contributed by atoms with Crippen molar-refractivity contribution in [3.63, 3.8) is 0 Å². The van der Waals surface area contributed by atoms with E-state index in [1.54, 1.807) is 31.5 Å². The Hall–Kier alpha value is -2.45. The fraction of sp³-hybridized carbons (Fsp3) is 0.125. The number of H-pyrrole nitrogens is 1. The van der Waals surface area contributed by atoms with Crippen molar-refractivity contribution in [3.05, 3.63) is 53.6 Å². The zero-order valence-electron chi connectivity index (χ0n) is 13.0. The molecule has 3 aromatic rings. The lowest BCUT2D eigenvalue weighted by Crippen LogP contribution is -2.23. The van der Waals surface area contributed by atoms with Gasteiger partial charge in [0.2, 0.25) is 11.1 Å². The van der Waals surface area contributed by atoms with E-state index < -0.39 is 11.1 Å². The molecule has 0 saturated heterocycles. The normalized spacial score (nSPS) is 12.0. The first-order valence-corrected chi connectivity index (χ1v) is 8.54. The highest BCUT2D eigenvalue weighted by Crippen LogP contribution is 2.24. The Labute approximate surface area is 152 Å². The van der Waals surface area contributed by atoms with E-state index in [1.165, 1.54) is 23.9 Å². The minimum absolute atomic E-state index is 0.0781. The molecule has 25 heavy (non-hydrogen) atoms. The van der Waals surface area contributed by atoms with E-state index in [4.69, 9.17) is 11.6 Å². The van der Waals surface area contributed by atoms with Gasteiger partial charge >= 0.3 is 0 Å². The third kappa shape index (κ3) is 4.34. The highest BCUT2D eigenvalue weighted by Gasteiger charge is 2.19. The maximum Gasteiger partial charge on any atom is 0.237 e. The van der Waals surface area contributed by atoms with Crippen LogP contribution in [0.4, 0.5) is 10.1 Å². The SMILES string of the molecule is C[C@H](Sc1n[nH]c(-c2ccncc2)n1)C(=O)Nc1ccc(Cl)cc1F. The molecule has 128 valence electrons. The third-order valence-electron chi connectivity index (χ3n) is 3.26. The zero-order valence-corrected chi connectivity index (χ0v) is 14.6. The van der Waals surface area contributed by atoms with Gasteiger partial charge in [0.25, 0.3) is 0 Å². The van der Waals surface area contributed by atoms with E-state index in [1.807, 2.05) is 0 Å². The summed E-state index contributed by atoms with van der Waals surface area (Å²) >= 11 is 6.86. The molecule has 1 atom stereocenters. The molecule has 3 rings (SSSR count). The van der Waals surface area contributed by atoms with E-state index in [0.29, 0.717) is 11.0 Å². The molecule has 1 amide bonds. The van der Waals surface area contributed by atoms with Crippen LogP contribution in [0.1, 0.15) is 6.92 Å². The van der Waals surface area contributed by atoms with E-state index in [2.05, 4.69) is 25.5 Å². The predicted octanol–water partition coefficient (Wildman–Crippen LogP) is 3.78. The summed E-state index contributed by atoms with van der Waals surface area (Å²) in [6, 6.07) is 7.67. The number of carbonyl (C=O) groups excluding carboxylic acids is 1. The number of carbonyl (C=O) groups is 1. The van der Waals surface area contributed by atoms with Crippen LogP contribution >= 0.6 is 23.4 Å². The fourth-order valence-electron chi connectivity index (χ4n) is 1.97. The average Bonchev–Trinajstić information content (AvgIpc) is 3.06. The first-order valence-electron chi connectivity index (χ1n) is 7.28. The van der Waals surface area contributed by atoms with Crippen LogP contribution in [0.3, 0.4) is 0 Å². The van der Waals surface area contributed by atoms with Crippen LogP contribution in [0.25, 0.3) is 11.4 Å². The third-order valence-corrected chi connectivity index (χ3v) is 4.46. The Bertz CT molecular complexity index is 889. The second-order valence-electron chi connectivity index (χ2n) is 5.08. The number of aromatic amines is 1. The lowest BCUT2D eigenvalue weighted by atomic mass is 10.3. The summed E-state index contributed by atoms with van der Waals surface area (Å²) in [6.45, 7) is 1.69. The average molecular weight is 378 g/mol. The van der Waals surface area contributed by atoms with Crippen LogP contribution in [0.5, 0.6) is 0 Å². The molecule has 0 aliphatic rings. The zero-order chi connectivity index (χ0) is 17.8. The summed E-state index contributed by atoms with van der Waals surface area (Å²) in [5.41, 5.74) is 0.920. The minimum Gasteiger partial charge on any atom is -0.323 e. The number of aromatic nitrogens is 4. The van der Waals surface area contributed by atoms with Crippen molar-refractivity contribution in [1.29, 1.82) is 0 Å². The smallest absolute Gasteiger partial charge is 0.237 e. The topological polar surface area (TPSA) is 83.6 Å². The molecule has 2 aromatic heterocycles. The maximum absolute atomic E-state index is 13.8. The van der Waals surface area contributed by atoms with E-state index in [9.17, 15) is 9.18 Å². The van der Waals surface area contributed by atoms with Gasteiger partial charge in [-0.25, -0.2) is 9.37 Å². The van der Waals surface area contributed by atoms with Crippen molar-refractivity contribution in [3.8, 4) is 11.4 Å². The number of rotatable bonds is 5. The van der Waals surface area contributed by atoms with Gasteiger partial charge in [-0.2, -0.15) is 0 Å². The lowest BCUT2D eigenvalue weighted by molar-refractivity contribution is -0.115. The van der Waals surface area contributed by atoms with Crippen molar-refractivity contribution < 1.29 is 9.18 Å². The molecule has 6 nitrogen and oxygen atoms in total. The number of nitrogens with zero attached hydrogens (tertiary/aromatic N) is 3. The first kappa shape index (κ1) is 17.4. The Morgan fingerprint density at radius 3 is 2.80 bits per heavy atom. The molecular formula is C16H13ClFN5OS. The molecule has 0 spiro atoms. The van der Waals surface area contributed by atoms with E-state index in [-0.39, 0.29) is 16.6 Å². The monoisotopic (exact) mass is 377 g/mol. The molecule has 0 bridgehead atoms. The minimum atomic E-state index is -0.587. The molecule has 2 N–H and O–H groups in total. The first-order chi connectivity index (χ1) is 12.0. The molecule has 2 heterocycles. The molecule has 1 aromatic carbocycles. The van der Waals surface area contributed by atoms with E-state index in [0.717, 1.165) is 11.6 Å². The summed E-state index contributed by atoms with van der Waals surface area (Å²) in [6.07, 6.45) is 3.31. The number of anilines is 1. The standard InChI is InChI=1S/C16H13ClFN5OS/c1-9(15(24)20-13-3-2-11(17)8-12(13)18)25-16-21-14(22-23-16)10-4-6-19-7-5-10/h2-9H,1H3,(H,20,24)(H,21,22,23)/t9-/m0/s1. The molecule has 0 radical (unpaired) electrons. The Morgan fingerprint density at radius 1 is 1.32 bits per heavy atom. The number of benzene rings is 1. The number of thioether (sulfide) groups is 1. The van der Waals surface area contributed by atoms with Crippen molar-refractivity contribution in [1.82, 2.24) is 20.2 Å². The van der Waals surface area contributed by atoms with Gasteiger partial charge in [0.15, 0.2) is 5.82 Å². The molecular weight excluding hydrogens is 365 g/mol. The van der Waals surface area contributed by atoms with Gasteiger partial charge in [-0.3, -0.25) is 14.9 Å². The van der Waals surface area contributed by atoms with Gasteiger partial charge in [-0.05, 0) is 37.3 Å². The largest absolute Gasteiger partial charge is 0.323 e. The van der Waals surface area contributed by atoms with Crippen LogP contribution in [-0.4, -0.2) is 31.3 Å². The highest BCUT2D eigenvalue weighted by molar-refractivity contribution is 8.00. The molecule has 0 aliphatic heterocycles. The number of halogens is 2. The second kappa shape index (κ2) is 7.62. The molecule has 0 fully saturated rings. The number of nitrogens with one attached hydrogen (secondary N) is 2. The summed E-state index contributed by atoms with van der Waals surface area (Å²) < 4.78 is 13.8. The number of pyridine rings is 1. The van der Waals surface area contributed by atoms with Crippen LogP contribution in [-0.2, 0) is 4.79 Å². The molecule has 0 aliphatic carbocycles. The van der Waals surface area contributed by atoms with Crippen LogP contribution in [0, 0.1) is 5.82 Å². The van der Waals surface area contributed by atoms with Crippen LogP contribution < -0.4 is 5.32 Å². The lowest BCUT2D eigenvalue weighted by Gasteiger charge is -2.10. The van der Waals surface area contributed by atoms with Gasteiger partial charge in [0.1, 0.15) is 5.82 Å². The number of amides is 1. The molecule has 0 unspecified atom stereocenters. The van der Waals surface area contributed by atoms with Gasteiger partial charge in [0.05, 0.1) is 10.9 Å². The van der Waals surface area contributed by atoms with Crippen molar-refractivity contribution in [2.75, 3.05) is 5.32 Å². The molecule has 9 heteroatoms. The number of hydrogen-bond donors (Lipinski definition) is 2. The van der Waals surface area contributed by atoms with Gasteiger partial charge < -0.3 is 5.32 Å². The summed E-state index contributed by atoms with van der Waals surface area (Å²) in [4.78, 5) is 20.5. The van der Waals surface area contributed by atoms with E-state index >= 15 is 0 Å². The Morgan fingerprint density at radius 2 is 2.08 bits per heavy atom. The quantitative estimate of drug-likeness (QED) is 0.661. The Balaban J connectivity index is 1.65. The van der Waals surface area contributed by atoms with Crippen LogP contribution in [0.2, 0.25) is 5.02 Å². The second-order valence-corrected chi connectivity index (χ2v) is 6.82.